The molecule has 1 atom stereocenters. The van der Waals surface area contributed by atoms with Crippen molar-refractivity contribution < 1.29 is 5.11 Å². The van der Waals surface area contributed by atoms with Crippen LogP contribution >= 0.6 is 27.3 Å². The Balaban J connectivity index is 2.82. The molecule has 1 rings (SSSR count). The quantitative estimate of drug-likeness (QED) is 0.796. The van der Waals surface area contributed by atoms with Crippen LogP contribution in [0.5, 0.6) is 0 Å². The number of aliphatic hydroxyl groups is 1. The zero-order chi connectivity index (χ0) is 7.56. The molecule has 0 bridgehead atoms. The van der Waals surface area contributed by atoms with E-state index in [0.717, 1.165) is 9.35 Å². The molecule has 4 heteroatoms. The number of halogens is 1. The third-order valence-electron chi connectivity index (χ3n) is 1.17. The van der Waals surface area contributed by atoms with Gasteiger partial charge in [0, 0.05) is 15.9 Å². The van der Waals surface area contributed by atoms with Gasteiger partial charge in [-0.1, -0.05) is 0 Å². The van der Waals surface area contributed by atoms with Crippen LogP contribution in [0.3, 0.4) is 0 Å². The Hall–Kier alpha value is 0.100. The smallest absolute Gasteiger partial charge is 0.101 e. The van der Waals surface area contributed by atoms with Crippen LogP contribution in [0.2, 0.25) is 0 Å². The predicted octanol–water partition coefficient (Wildman–Crippen LogP) is 1.50. The van der Waals surface area contributed by atoms with Gasteiger partial charge >= 0.3 is 0 Å². The number of hydrogen-bond donors (Lipinski definition) is 2. The van der Waals surface area contributed by atoms with E-state index in [1.54, 1.807) is 0 Å². The highest BCUT2D eigenvalue weighted by Gasteiger charge is 2.09. The van der Waals surface area contributed by atoms with E-state index in [4.69, 9.17) is 5.73 Å². The molecule has 0 amide bonds. The second-order valence-electron chi connectivity index (χ2n) is 1.88. The third-order valence-corrected chi connectivity index (χ3v) is 3.14. The Morgan fingerprint density at radius 1 is 1.80 bits per heavy atom. The summed E-state index contributed by atoms with van der Waals surface area (Å²) < 4.78 is 0.940. The molecular weight excluding hydrogens is 214 g/mol. The van der Waals surface area contributed by atoms with Gasteiger partial charge in [-0.15, -0.1) is 11.3 Å². The molecule has 0 aromatic carbocycles. The molecule has 0 saturated carbocycles. The minimum atomic E-state index is -0.519. The second kappa shape index (κ2) is 3.48. The average Bonchev–Trinajstić information content (AvgIpc) is 2.34. The number of aliphatic hydroxyl groups excluding tert-OH is 1. The van der Waals surface area contributed by atoms with E-state index in [1.165, 1.54) is 11.3 Å². The van der Waals surface area contributed by atoms with Crippen LogP contribution in [-0.2, 0) is 0 Å². The van der Waals surface area contributed by atoms with Crippen LogP contribution in [0.25, 0.3) is 0 Å². The highest BCUT2D eigenvalue weighted by molar-refractivity contribution is 9.10. The summed E-state index contributed by atoms with van der Waals surface area (Å²) in [5.41, 5.74) is 5.27. The fraction of sp³-hybridized carbons (Fsp3) is 0.333. The fourth-order valence-electron chi connectivity index (χ4n) is 0.650. The third kappa shape index (κ3) is 1.58. The molecule has 0 radical (unpaired) electrons. The fourth-order valence-corrected chi connectivity index (χ4v) is 2.29. The molecule has 1 aromatic heterocycles. The number of thiophene rings is 1. The largest absolute Gasteiger partial charge is 0.386 e. The topological polar surface area (TPSA) is 46.2 Å². The molecule has 0 fully saturated rings. The number of hydrogen-bond acceptors (Lipinski definition) is 3. The Morgan fingerprint density at radius 3 is 2.90 bits per heavy atom. The average molecular weight is 222 g/mol. The normalized spacial score (nSPS) is 13.5. The summed E-state index contributed by atoms with van der Waals surface area (Å²) in [5, 5.41) is 11.2. The molecule has 0 spiro atoms. The molecule has 0 saturated heterocycles. The van der Waals surface area contributed by atoms with Crippen LogP contribution in [0.15, 0.2) is 15.9 Å². The number of rotatable bonds is 2. The Bertz CT molecular complexity index is 213. The van der Waals surface area contributed by atoms with Gasteiger partial charge in [0.1, 0.15) is 6.10 Å². The Labute approximate surface area is 71.8 Å². The maximum absolute atomic E-state index is 9.25. The standard InChI is InChI=1S/C6H8BrNOS/c7-4-1-2-10-6(4)5(9)3-8/h1-2,5,9H,3,8H2/t5-/m0/s1. The van der Waals surface area contributed by atoms with E-state index in [-0.39, 0.29) is 6.54 Å². The van der Waals surface area contributed by atoms with E-state index in [0.29, 0.717) is 0 Å². The van der Waals surface area contributed by atoms with Gasteiger partial charge in [0.25, 0.3) is 0 Å². The van der Waals surface area contributed by atoms with Crippen molar-refractivity contribution in [1.82, 2.24) is 0 Å². The summed E-state index contributed by atoms with van der Waals surface area (Å²) in [5.74, 6) is 0. The first kappa shape index (κ1) is 8.20. The molecule has 1 aromatic rings. The van der Waals surface area contributed by atoms with Gasteiger partial charge < -0.3 is 10.8 Å². The first-order valence-electron chi connectivity index (χ1n) is 2.86. The molecule has 10 heavy (non-hydrogen) atoms. The molecule has 0 aliphatic carbocycles. The number of nitrogens with two attached hydrogens (primary N) is 1. The molecule has 0 aliphatic heterocycles. The molecule has 1 heterocycles. The van der Waals surface area contributed by atoms with Gasteiger partial charge in [-0.25, -0.2) is 0 Å². The van der Waals surface area contributed by atoms with Crippen molar-refractivity contribution in [2.45, 2.75) is 6.10 Å². The van der Waals surface area contributed by atoms with Crippen molar-refractivity contribution in [3.05, 3.63) is 20.8 Å². The lowest BCUT2D eigenvalue weighted by Gasteiger charge is -2.03. The highest BCUT2D eigenvalue weighted by Crippen LogP contribution is 2.27. The van der Waals surface area contributed by atoms with Gasteiger partial charge in [-0.3, -0.25) is 0 Å². The van der Waals surface area contributed by atoms with Crippen LogP contribution in [-0.4, -0.2) is 11.7 Å². The first-order valence-corrected chi connectivity index (χ1v) is 4.54. The van der Waals surface area contributed by atoms with E-state index < -0.39 is 6.10 Å². The maximum Gasteiger partial charge on any atom is 0.101 e. The van der Waals surface area contributed by atoms with Gasteiger partial charge in [-0.2, -0.15) is 0 Å². The van der Waals surface area contributed by atoms with Crippen LogP contribution in [0.4, 0.5) is 0 Å². The molecule has 0 aliphatic rings. The zero-order valence-corrected chi connectivity index (χ0v) is 7.65. The Morgan fingerprint density at radius 2 is 2.50 bits per heavy atom. The summed E-state index contributed by atoms with van der Waals surface area (Å²) in [7, 11) is 0. The summed E-state index contributed by atoms with van der Waals surface area (Å²) in [6.45, 7) is 0.277. The first-order chi connectivity index (χ1) is 4.75. The van der Waals surface area contributed by atoms with Crippen molar-refractivity contribution in [2.24, 2.45) is 5.73 Å². The minimum absolute atomic E-state index is 0.277. The molecule has 0 unspecified atom stereocenters. The SMILES string of the molecule is NC[C@H](O)c1sccc1Br. The van der Waals surface area contributed by atoms with E-state index in [9.17, 15) is 5.11 Å². The lowest BCUT2D eigenvalue weighted by Crippen LogP contribution is -2.10. The van der Waals surface area contributed by atoms with Crippen LogP contribution < -0.4 is 5.73 Å². The zero-order valence-electron chi connectivity index (χ0n) is 5.25. The van der Waals surface area contributed by atoms with E-state index in [1.807, 2.05) is 11.4 Å². The molecular formula is C6H8BrNOS. The highest BCUT2D eigenvalue weighted by atomic mass is 79.9. The minimum Gasteiger partial charge on any atom is -0.386 e. The Kier molecular flexibility index (Phi) is 2.85. The van der Waals surface area contributed by atoms with Crippen molar-refractivity contribution in [3.63, 3.8) is 0 Å². The monoisotopic (exact) mass is 221 g/mol. The van der Waals surface area contributed by atoms with Crippen LogP contribution in [0, 0.1) is 0 Å². The van der Waals surface area contributed by atoms with Gasteiger partial charge in [0.05, 0.1) is 0 Å². The maximum atomic E-state index is 9.25. The predicted molar refractivity (Wildman–Crippen MR) is 46.0 cm³/mol. The lowest BCUT2D eigenvalue weighted by atomic mass is 10.3. The van der Waals surface area contributed by atoms with E-state index in [2.05, 4.69) is 15.9 Å². The van der Waals surface area contributed by atoms with Crippen molar-refractivity contribution in [2.75, 3.05) is 6.54 Å². The molecule has 56 valence electrons. The van der Waals surface area contributed by atoms with Crippen LogP contribution in [0.1, 0.15) is 11.0 Å². The summed E-state index contributed by atoms with van der Waals surface area (Å²) >= 11 is 4.81. The van der Waals surface area contributed by atoms with E-state index >= 15 is 0 Å². The van der Waals surface area contributed by atoms with Gasteiger partial charge in [-0.05, 0) is 27.4 Å². The summed E-state index contributed by atoms with van der Waals surface area (Å²) in [4.78, 5) is 0.905. The van der Waals surface area contributed by atoms with Gasteiger partial charge in [0.15, 0.2) is 0 Å². The molecule has 3 N–H and O–H groups in total. The summed E-state index contributed by atoms with van der Waals surface area (Å²) in [6, 6.07) is 1.90. The molecule has 2 nitrogen and oxygen atoms in total. The lowest BCUT2D eigenvalue weighted by molar-refractivity contribution is 0.190. The van der Waals surface area contributed by atoms with Gasteiger partial charge in [0.2, 0.25) is 0 Å². The second-order valence-corrected chi connectivity index (χ2v) is 3.69. The summed E-state index contributed by atoms with van der Waals surface area (Å²) in [6.07, 6.45) is -0.519. The van der Waals surface area contributed by atoms with Crippen molar-refractivity contribution >= 4 is 27.3 Å². The van der Waals surface area contributed by atoms with Crippen molar-refractivity contribution in [3.8, 4) is 0 Å². The van der Waals surface area contributed by atoms with Crippen molar-refractivity contribution in [1.29, 1.82) is 0 Å².